The van der Waals surface area contributed by atoms with E-state index >= 15 is 0 Å². The van der Waals surface area contributed by atoms with Crippen LogP contribution in [-0.2, 0) is 4.79 Å². The molecule has 1 saturated heterocycles. The molecule has 0 bridgehead atoms. The van der Waals surface area contributed by atoms with Gasteiger partial charge in [0.05, 0.1) is 39.8 Å². The number of rotatable bonds is 4. The van der Waals surface area contributed by atoms with Crippen molar-refractivity contribution < 1.29 is 26.3 Å². The number of carbonyl (C=O) groups is 1. The first kappa shape index (κ1) is 15.4. The molecular weight excluding hydrogens is 268 g/mol. The van der Waals surface area contributed by atoms with E-state index in [-0.39, 0.29) is 22.9 Å². The predicted octanol–water partition coefficient (Wildman–Crippen LogP) is -1.96. The van der Waals surface area contributed by atoms with Crippen LogP contribution in [0.25, 0.3) is 0 Å². The highest BCUT2D eigenvalue weighted by Gasteiger charge is 2.28. The highest BCUT2D eigenvalue weighted by molar-refractivity contribution is 5.77. The smallest absolute Gasteiger partial charge is 0.226 e. The number of amides is 1. The second-order valence-electron chi connectivity index (χ2n) is 4.41. The van der Waals surface area contributed by atoms with E-state index in [0.717, 1.165) is 37.2 Å². The number of likely N-dealkylation sites (N-methyl/N-ethyl adjacent to an activating group) is 1. The van der Waals surface area contributed by atoms with E-state index in [9.17, 15) is 4.79 Å². The first-order valence-corrected chi connectivity index (χ1v) is 5.44. The average molecular weight is 289 g/mol. The van der Waals surface area contributed by atoms with E-state index in [4.69, 9.17) is 0 Å². The Balaban J connectivity index is 0.00000225. The summed E-state index contributed by atoms with van der Waals surface area (Å²) in [5, 5.41) is 0. The van der Waals surface area contributed by atoms with Crippen LogP contribution < -0.4 is 17.0 Å². The van der Waals surface area contributed by atoms with Gasteiger partial charge in [0.15, 0.2) is 0 Å². The molecule has 92 valence electrons. The minimum absolute atomic E-state index is 0. The normalized spacial score (nSPS) is 18.4. The van der Waals surface area contributed by atoms with Crippen LogP contribution in [0.5, 0.6) is 0 Å². The first-order valence-electron chi connectivity index (χ1n) is 5.44. The fourth-order valence-electron chi connectivity index (χ4n) is 1.94. The van der Waals surface area contributed by atoms with Crippen LogP contribution in [0.4, 0.5) is 0 Å². The van der Waals surface area contributed by atoms with Gasteiger partial charge < -0.3 is 26.4 Å². The number of quaternary nitrogens is 1. The van der Waals surface area contributed by atoms with Crippen molar-refractivity contribution in [3.8, 4) is 0 Å². The molecule has 0 radical (unpaired) electrons. The third-order valence-corrected chi connectivity index (χ3v) is 3.06. The van der Waals surface area contributed by atoms with Gasteiger partial charge in [-0.05, 0) is 6.08 Å². The van der Waals surface area contributed by atoms with Gasteiger partial charge in [0.1, 0.15) is 0 Å². The second-order valence-corrected chi connectivity index (χ2v) is 4.41. The lowest BCUT2D eigenvalue weighted by Crippen LogP contribution is -3.00. The molecule has 0 saturated carbocycles. The summed E-state index contributed by atoms with van der Waals surface area (Å²) in [4.78, 5) is 13.5. The Morgan fingerprint density at radius 2 is 1.88 bits per heavy atom. The molecular formula is C12H21BrN2O. The molecule has 0 aliphatic carbocycles. The van der Waals surface area contributed by atoms with Crippen molar-refractivity contribution in [1.29, 1.82) is 0 Å². The number of nitrogens with zero attached hydrogens (tertiary/aromatic N) is 2. The summed E-state index contributed by atoms with van der Waals surface area (Å²) in [6.45, 7) is 12.1. The number of carbonyl (C=O) groups excluding carboxylic acids is 1. The molecule has 0 aromatic heterocycles. The third-order valence-electron chi connectivity index (χ3n) is 3.06. The summed E-state index contributed by atoms with van der Waals surface area (Å²) in [6.07, 6.45) is 4.10. The van der Waals surface area contributed by atoms with Gasteiger partial charge in [0, 0.05) is 6.42 Å². The summed E-state index contributed by atoms with van der Waals surface area (Å²) in [7, 11) is 2.22. The van der Waals surface area contributed by atoms with Crippen molar-refractivity contribution in [2.75, 3.05) is 39.8 Å². The van der Waals surface area contributed by atoms with E-state index < -0.39 is 0 Å². The quantitative estimate of drug-likeness (QED) is 0.435. The molecule has 0 aromatic rings. The Kier molecular flexibility index (Phi) is 6.60. The Morgan fingerprint density at radius 3 is 2.31 bits per heavy atom. The SMILES string of the molecule is C=CCC(=O)N1CC[N+](C)(CC=C)CC1.[Br-]. The number of piperazine rings is 1. The van der Waals surface area contributed by atoms with Gasteiger partial charge in [-0.3, -0.25) is 4.79 Å². The zero-order chi connectivity index (χ0) is 11.3. The minimum atomic E-state index is 0. The standard InChI is InChI=1S/C12H21N2O.BrH/c1-4-6-12(15)13-7-10-14(3,9-5-2)11-8-13;/h4-5H,1-2,6-11H2,3H3;1H/q+1;/p-1. The Labute approximate surface area is 109 Å². The van der Waals surface area contributed by atoms with Gasteiger partial charge >= 0.3 is 0 Å². The number of halogens is 1. The van der Waals surface area contributed by atoms with Crippen LogP contribution in [-0.4, -0.2) is 55.1 Å². The summed E-state index contributed by atoms with van der Waals surface area (Å²) in [5.41, 5.74) is 0. The molecule has 1 amide bonds. The van der Waals surface area contributed by atoms with E-state index in [1.807, 2.05) is 11.0 Å². The van der Waals surface area contributed by atoms with E-state index in [1.54, 1.807) is 6.08 Å². The lowest BCUT2D eigenvalue weighted by molar-refractivity contribution is -0.907. The lowest BCUT2D eigenvalue weighted by Gasteiger charge is -2.41. The predicted molar refractivity (Wildman–Crippen MR) is 62.4 cm³/mol. The molecule has 1 aliphatic rings. The number of hydrogen-bond donors (Lipinski definition) is 0. The number of hydrogen-bond acceptors (Lipinski definition) is 1. The summed E-state index contributed by atoms with van der Waals surface area (Å²) < 4.78 is 1.00. The van der Waals surface area contributed by atoms with Crippen LogP contribution in [0, 0.1) is 0 Å². The summed E-state index contributed by atoms with van der Waals surface area (Å²) in [6, 6.07) is 0. The van der Waals surface area contributed by atoms with Crippen molar-refractivity contribution >= 4 is 5.91 Å². The van der Waals surface area contributed by atoms with Crippen LogP contribution in [0.1, 0.15) is 6.42 Å². The van der Waals surface area contributed by atoms with Crippen molar-refractivity contribution in [3.63, 3.8) is 0 Å². The maximum absolute atomic E-state index is 11.6. The van der Waals surface area contributed by atoms with Crippen LogP contribution in [0.15, 0.2) is 25.3 Å². The van der Waals surface area contributed by atoms with Gasteiger partial charge in [-0.1, -0.05) is 12.7 Å². The van der Waals surface area contributed by atoms with Gasteiger partial charge in [0.25, 0.3) is 0 Å². The Bertz CT molecular complexity index is 258. The monoisotopic (exact) mass is 288 g/mol. The van der Waals surface area contributed by atoms with Crippen LogP contribution in [0.2, 0.25) is 0 Å². The molecule has 0 atom stereocenters. The zero-order valence-electron chi connectivity index (χ0n) is 9.99. The first-order chi connectivity index (χ1) is 7.11. The molecule has 0 N–H and O–H groups in total. The summed E-state index contributed by atoms with van der Waals surface area (Å²) >= 11 is 0. The maximum Gasteiger partial charge on any atom is 0.226 e. The van der Waals surface area contributed by atoms with E-state index in [1.165, 1.54) is 0 Å². The molecule has 3 nitrogen and oxygen atoms in total. The van der Waals surface area contributed by atoms with Crippen molar-refractivity contribution in [2.24, 2.45) is 0 Å². The Morgan fingerprint density at radius 1 is 1.31 bits per heavy atom. The minimum Gasteiger partial charge on any atom is -1.00 e. The molecule has 1 fully saturated rings. The maximum atomic E-state index is 11.6. The summed E-state index contributed by atoms with van der Waals surface area (Å²) in [5.74, 6) is 0.204. The average Bonchev–Trinajstić information content (AvgIpc) is 2.19. The van der Waals surface area contributed by atoms with Crippen LogP contribution in [0.3, 0.4) is 0 Å². The largest absolute Gasteiger partial charge is 1.00 e. The van der Waals surface area contributed by atoms with E-state index in [2.05, 4.69) is 20.2 Å². The van der Waals surface area contributed by atoms with Gasteiger partial charge in [-0.25, -0.2) is 0 Å². The molecule has 0 aromatic carbocycles. The van der Waals surface area contributed by atoms with E-state index in [0.29, 0.717) is 6.42 Å². The zero-order valence-corrected chi connectivity index (χ0v) is 11.6. The molecule has 0 unspecified atom stereocenters. The molecule has 16 heavy (non-hydrogen) atoms. The van der Waals surface area contributed by atoms with Crippen molar-refractivity contribution in [2.45, 2.75) is 6.42 Å². The van der Waals surface area contributed by atoms with Gasteiger partial charge in [0.2, 0.25) is 5.91 Å². The highest BCUT2D eigenvalue weighted by Crippen LogP contribution is 2.10. The second kappa shape index (κ2) is 6.86. The molecule has 1 heterocycles. The fraction of sp³-hybridized carbons (Fsp3) is 0.583. The Hall–Kier alpha value is -0.610. The molecule has 0 spiro atoms. The lowest BCUT2D eigenvalue weighted by atomic mass is 10.2. The fourth-order valence-corrected chi connectivity index (χ4v) is 1.94. The van der Waals surface area contributed by atoms with Gasteiger partial charge in [-0.15, -0.1) is 6.58 Å². The van der Waals surface area contributed by atoms with Crippen molar-refractivity contribution in [1.82, 2.24) is 4.90 Å². The topological polar surface area (TPSA) is 20.3 Å². The molecule has 1 aliphatic heterocycles. The van der Waals surface area contributed by atoms with Gasteiger partial charge in [-0.2, -0.15) is 0 Å². The van der Waals surface area contributed by atoms with Crippen molar-refractivity contribution in [3.05, 3.63) is 25.3 Å². The molecule has 4 heteroatoms. The van der Waals surface area contributed by atoms with Crippen LogP contribution >= 0.6 is 0 Å². The highest BCUT2D eigenvalue weighted by atomic mass is 79.9. The third kappa shape index (κ3) is 4.10. The molecule has 1 rings (SSSR count).